The van der Waals surface area contributed by atoms with Crippen LogP contribution in [0, 0.1) is 232 Å². The van der Waals surface area contributed by atoms with Gasteiger partial charge in [-0.05, 0) is 94.7 Å². The monoisotopic (exact) mass is 471 g/mol. The summed E-state index contributed by atoms with van der Waals surface area (Å²) in [4.78, 5) is 0. The van der Waals surface area contributed by atoms with Crippen LogP contribution in [-0.4, -0.2) is 0 Å². The molecule has 0 aromatic heterocycles. The molecule has 0 unspecified atom stereocenters. The maximum atomic E-state index is 4.93. The molecule has 0 amide bonds. The first kappa shape index (κ1) is 30.5. The molecule has 0 heteroatoms. The standard InChI is InChI=1S/C39H3/c1-3-5-7-9-11-13-15-17-19-21-23-25-27-29-31-33-35-37-39-38-36-34-32-30-28-26-24-22-20-18-16-14-12-10-8-6-4-2/h1H,2H2/q-1. The summed E-state index contributed by atoms with van der Waals surface area (Å²) in [5.74, 6) is 91.3. The van der Waals surface area contributed by atoms with Crippen molar-refractivity contribution in [3.05, 3.63) is 6.92 Å². The molecule has 0 spiro atoms. The Hall–Kier alpha value is -8.49. The van der Waals surface area contributed by atoms with Crippen LogP contribution >= 0.6 is 0 Å². The molecule has 0 aromatic carbocycles. The molecule has 0 saturated heterocycles. The second-order valence-corrected chi connectivity index (χ2v) is 4.70. The predicted molar refractivity (Wildman–Crippen MR) is 154 cm³/mol. The van der Waals surface area contributed by atoms with Crippen molar-refractivity contribution in [2.45, 2.75) is 0 Å². The van der Waals surface area contributed by atoms with Crippen LogP contribution in [0.5, 0.6) is 0 Å². The third-order valence-electron chi connectivity index (χ3n) is 2.29. The minimum Gasteiger partial charge on any atom is -0.284 e. The Morgan fingerprint density at radius 3 is 0.462 bits per heavy atom. The average Bonchev–Trinajstić information content (AvgIpc) is 2.95. The largest absolute Gasteiger partial charge is 0.284 e. The molecular weight excluding hydrogens is 468 g/mol. The van der Waals surface area contributed by atoms with Crippen LogP contribution in [0.25, 0.3) is 0 Å². The minimum absolute atomic E-state index is 2.12. The number of hydrogen-bond donors (Lipinski definition) is 0. The van der Waals surface area contributed by atoms with Crippen molar-refractivity contribution in [1.29, 1.82) is 0 Å². The highest BCUT2D eigenvalue weighted by molar-refractivity contribution is 5.49. The lowest BCUT2D eigenvalue weighted by Gasteiger charge is -1.64. The zero-order valence-corrected chi connectivity index (χ0v) is 19.8. The molecule has 0 nitrogen and oxygen atoms in total. The third-order valence-corrected chi connectivity index (χ3v) is 2.29. The van der Waals surface area contributed by atoms with Crippen LogP contribution in [0.1, 0.15) is 0 Å². The fraction of sp³-hybridized carbons (Fsp3) is 0. The van der Waals surface area contributed by atoms with E-state index in [4.69, 9.17) is 6.42 Å². The summed E-state index contributed by atoms with van der Waals surface area (Å²) >= 11 is 0. The lowest BCUT2D eigenvalue weighted by molar-refractivity contribution is 2.31. The Morgan fingerprint density at radius 1 is 0.205 bits per heavy atom. The first-order chi connectivity index (χ1) is 19.4. The van der Waals surface area contributed by atoms with Gasteiger partial charge in [0.25, 0.3) is 0 Å². The van der Waals surface area contributed by atoms with Gasteiger partial charge in [-0.3, -0.25) is 5.92 Å². The second kappa shape index (κ2) is 29.5. The van der Waals surface area contributed by atoms with Gasteiger partial charge in [-0.15, -0.1) is 12.3 Å². The Balaban J connectivity index is 4.52. The van der Waals surface area contributed by atoms with E-state index in [1.165, 1.54) is 0 Å². The van der Waals surface area contributed by atoms with Gasteiger partial charge in [0.2, 0.25) is 0 Å². The van der Waals surface area contributed by atoms with Crippen molar-refractivity contribution < 1.29 is 0 Å². The van der Waals surface area contributed by atoms with Crippen molar-refractivity contribution >= 4 is 0 Å². The van der Waals surface area contributed by atoms with E-state index in [0.717, 1.165) is 0 Å². The van der Waals surface area contributed by atoms with E-state index in [0.29, 0.717) is 0 Å². The van der Waals surface area contributed by atoms with E-state index >= 15 is 0 Å². The fourth-order valence-electron chi connectivity index (χ4n) is 1.11. The lowest BCUT2D eigenvalue weighted by atomic mass is 10.4. The van der Waals surface area contributed by atoms with Gasteiger partial charge in [-0.25, -0.2) is 5.92 Å². The summed E-state index contributed by atoms with van der Waals surface area (Å²) in [6, 6.07) is 0. The first-order valence-electron chi connectivity index (χ1n) is 9.64. The maximum Gasteiger partial charge on any atom is 0 e. The summed E-state index contributed by atoms with van der Waals surface area (Å²) in [6.45, 7) is 3.31. The molecule has 0 atom stereocenters. The van der Waals surface area contributed by atoms with Crippen molar-refractivity contribution in [3.8, 4) is 225 Å². The van der Waals surface area contributed by atoms with E-state index in [1.807, 2.05) is 0 Å². The molecular formula is C39H3-. The minimum atomic E-state index is 2.12. The highest BCUT2D eigenvalue weighted by Crippen LogP contribution is 1.61. The number of rotatable bonds is 0. The fourth-order valence-corrected chi connectivity index (χ4v) is 1.11. The molecule has 0 fully saturated rings. The van der Waals surface area contributed by atoms with Crippen LogP contribution in [0.4, 0.5) is 0 Å². The summed E-state index contributed by atoms with van der Waals surface area (Å²) in [7, 11) is 0. The van der Waals surface area contributed by atoms with Crippen molar-refractivity contribution in [3.63, 3.8) is 0 Å². The molecule has 0 aromatic rings. The normalized spacial score (nSPS) is 3.87. The van der Waals surface area contributed by atoms with Gasteiger partial charge in [0.15, 0.2) is 0 Å². The molecule has 0 N–H and O–H groups in total. The van der Waals surface area contributed by atoms with Crippen molar-refractivity contribution in [1.82, 2.24) is 0 Å². The third kappa shape index (κ3) is 29.5. The summed E-state index contributed by atoms with van der Waals surface area (Å²) in [5, 5.41) is 0. The predicted octanol–water partition coefficient (Wildman–Crippen LogP) is 0.515. The quantitative estimate of drug-likeness (QED) is 0.357. The zero-order chi connectivity index (χ0) is 28.2. The van der Waals surface area contributed by atoms with Gasteiger partial charge < -0.3 is 0 Å². The van der Waals surface area contributed by atoms with Gasteiger partial charge in [0.05, 0.1) is 0 Å². The van der Waals surface area contributed by atoms with Gasteiger partial charge in [0.1, 0.15) is 0 Å². The maximum absolute atomic E-state index is 4.93. The zero-order valence-electron chi connectivity index (χ0n) is 19.8. The summed E-state index contributed by atoms with van der Waals surface area (Å²) in [5.41, 5.74) is 0. The molecule has 160 valence electrons. The molecule has 0 saturated carbocycles. The van der Waals surface area contributed by atoms with E-state index in [2.05, 4.69) is 226 Å². The van der Waals surface area contributed by atoms with Crippen molar-refractivity contribution in [2.24, 2.45) is 0 Å². The summed E-state index contributed by atoms with van der Waals surface area (Å²) < 4.78 is 0. The molecule has 0 rings (SSSR count). The lowest BCUT2D eigenvalue weighted by Crippen LogP contribution is -1.57. The highest BCUT2D eigenvalue weighted by Gasteiger charge is 1.60. The van der Waals surface area contributed by atoms with Gasteiger partial charge >= 0.3 is 0 Å². The Labute approximate surface area is 232 Å². The molecule has 0 aliphatic rings. The van der Waals surface area contributed by atoms with Crippen LogP contribution < -0.4 is 0 Å². The van der Waals surface area contributed by atoms with Crippen LogP contribution in [-0.2, 0) is 0 Å². The van der Waals surface area contributed by atoms with Gasteiger partial charge in [-0.1, -0.05) is 0 Å². The number of hydrogen-bond acceptors (Lipinski definition) is 0. The number of terminal acetylenes is 1. The molecule has 0 aliphatic carbocycles. The topological polar surface area (TPSA) is 0 Å². The Bertz CT molecular complexity index is 2220. The van der Waals surface area contributed by atoms with Gasteiger partial charge in [-0.2, -0.15) is 6.92 Å². The van der Waals surface area contributed by atoms with Crippen molar-refractivity contribution in [2.75, 3.05) is 0 Å². The van der Waals surface area contributed by atoms with E-state index in [1.54, 1.807) is 0 Å². The SMILES string of the molecule is C#CC#CC#CC#CC#CC#CC#CC#CC#CC#CC#CC#CC#CC#CC#CC#CC#CC#CC#C[CH2-]. The molecule has 39 heavy (non-hydrogen) atoms. The van der Waals surface area contributed by atoms with Gasteiger partial charge in [0, 0.05) is 107 Å². The van der Waals surface area contributed by atoms with E-state index in [-0.39, 0.29) is 0 Å². The summed E-state index contributed by atoms with van der Waals surface area (Å²) in [6.07, 6.45) is 4.93. The first-order valence-corrected chi connectivity index (χ1v) is 9.64. The molecule has 0 radical (unpaired) electrons. The molecule has 0 heterocycles. The van der Waals surface area contributed by atoms with Crippen LogP contribution in [0.15, 0.2) is 0 Å². The van der Waals surface area contributed by atoms with E-state index in [9.17, 15) is 0 Å². The Morgan fingerprint density at radius 2 is 0.333 bits per heavy atom. The van der Waals surface area contributed by atoms with Crippen LogP contribution in [0.3, 0.4) is 0 Å². The average molecular weight is 471 g/mol. The highest BCUT2D eigenvalue weighted by atomic mass is 13.6. The molecule has 0 bridgehead atoms. The smallest absolute Gasteiger partial charge is 0 e. The second-order valence-electron chi connectivity index (χ2n) is 4.70. The molecule has 0 aliphatic heterocycles. The van der Waals surface area contributed by atoms with E-state index < -0.39 is 0 Å². The van der Waals surface area contributed by atoms with Crippen LogP contribution in [0.2, 0.25) is 0 Å². The Kier molecular flexibility index (Phi) is 23.1.